The normalized spacial score (nSPS) is 10.5. The second kappa shape index (κ2) is 8.28. The summed E-state index contributed by atoms with van der Waals surface area (Å²) in [5, 5.41) is 0. The third-order valence-corrected chi connectivity index (χ3v) is 2.50. The van der Waals surface area contributed by atoms with Crippen LogP contribution in [-0.2, 0) is 10.9 Å². The van der Waals surface area contributed by atoms with Crippen molar-refractivity contribution in [1.82, 2.24) is 0 Å². The molecule has 0 atom stereocenters. The van der Waals surface area contributed by atoms with Crippen molar-refractivity contribution in [2.24, 2.45) is 0 Å². The molecule has 0 N–H and O–H groups in total. The van der Waals surface area contributed by atoms with Crippen LogP contribution in [0.3, 0.4) is 0 Å². The maximum absolute atomic E-state index is 13.5. The predicted octanol–water partition coefficient (Wildman–Crippen LogP) is 4.71. The van der Waals surface area contributed by atoms with Crippen LogP contribution in [0.5, 0.6) is 11.5 Å². The third kappa shape index (κ3) is 5.71. The van der Waals surface area contributed by atoms with Crippen LogP contribution in [0.4, 0.5) is 17.6 Å². The Bertz CT molecular complexity index is 637. The van der Waals surface area contributed by atoms with Crippen molar-refractivity contribution < 1.29 is 31.8 Å². The monoisotopic (exact) mass is 330 g/mol. The lowest BCUT2D eigenvalue weighted by molar-refractivity contribution is -0.137. The molecule has 2 aromatic carbocycles. The number of rotatable bonds is 3. The number of aldehydes is 1. The summed E-state index contributed by atoms with van der Waals surface area (Å²) in [5.41, 5.74) is -0.677. The summed E-state index contributed by atoms with van der Waals surface area (Å²) < 4.78 is 60.0. The van der Waals surface area contributed by atoms with Crippen molar-refractivity contribution in [3.05, 3.63) is 59.4 Å². The first kappa shape index (κ1) is 18.6. The van der Waals surface area contributed by atoms with E-state index in [9.17, 15) is 22.4 Å². The molecule has 3 nitrogen and oxygen atoms in total. The molecule has 0 heterocycles. The molecule has 0 saturated carbocycles. The van der Waals surface area contributed by atoms with Crippen LogP contribution in [0.1, 0.15) is 15.9 Å². The molecule has 0 aliphatic carbocycles. The smallest absolute Gasteiger partial charge is 0.416 e. The molecule has 2 aromatic rings. The minimum atomic E-state index is -4.44. The molecule has 0 bridgehead atoms. The Hall–Kier alpha value is -2.41. The molecule has 0 aliphatic heterocycles. The van der Waals surface area contributed by atoms with E-state index in [1.807, 2.05) is 0 Å². The van der Waals surface area contributed by atoms with Crippen molar-refractivity contribution in [1.29, 1.82) is 0 Å². The number of benzene rings is 2. The summed E-state index contributed by atoms with van der Waals surface area (Å²) >= 11 is 0. The largest absolute Gasteiger partial charge is 0.454 e. The topological polar surface area (TPSA) is 35.5 Å². The van der Waals surface area contributed by atoms with Crippen LogP contribution in [0, 0.1) is 5.82 Å². The highest BCUT2D eigenvalue weighted by Gasteiger charge is 2.30. The van der Waals surface area contributed by atoms with Gasteiger partial charge in [0.1, 0.15) is 12.0 Å². The van der Waals surface area contributed by atoms with Crippen LogP contribution in [-0.4, -0.2) is 20.5 Å². The van der Waals surface area contributed by atoms with Crippen molar-refractivity contribution in [3.8, 4) is 11.5 Å². The third-order valence-electron chi connectivity index (χ3n) is 2.50. The fourth-order valence-electron chi connectivity index (χ4n) is 1.51. The molecule has 0 fully saturated rings. The van der Waals surface area contributed by atoms with E-state index in [1.54, 1.807) is 14.2 Å². The van der Waals surface area contributed by atoms with E-state index in [1.165, 1.54) is 12.1 Å². The zero-order valence-electron chi connectivity index (χ0n) is 12.4. The molecular weight excluding hydrogens is 316 g/mol. The second-order valence-electron chi connectivity index (χ2n) is 4.34. The molecular formula is C16H14F4O3. The Kier molecular flexibility index (Phi) is 6.71. The number of hydrogen-bond acceptors (Lipinski definition) is 3. The van der Waals surface area contributed by atoms with Crippen LogP contribution >= 0.6 is 0 Å². The lowest BCUT2D eigenvalue weighted by Crippen LogP contribution is -2.04. The van der Waals surface area contributed by atoms with Gasteiger partial charge in [-0.25, -0.2) is 4.39 Å². The number of methoxy groups -OCH3 is 1. The van der Waals surface area contributed by atoms with E-state index in [-0.39, 0.29) is 17.1 Å². The summed E-state index contributed by atoms with van der Waals surface area (Å²) in [6, 6.07) is 7.42. The van der Waals surface area contributed by atoms with Crippen molar-refractivity contribution in [2.75, 3.05) is 14.2 Å². The van der Waals surface area contributed by atoms with Crippen LogP contribution in [0.15, 0.2) is 42.5 Å². The highest BCUT2D eigenvalue weighted by molar-refractivity contribution is 5.75. The second-order valence-corrected chi connectivity index (χ2v) is 4.34. The molecule has 124 valence electrons. The summed E-state index contributed by atoms with van der Waals surface area (Å²) in [4.78, 5) is 10.4. The Balaban J connectivity index is 0.000000816. The van der Waals surface area contributed by atoms with Crippen molar-refractivity contribution in [3.63, 3.8) is 0 Å². The highest BCUT2D eigenvalue weighted by atomic mass is 19.4. The first-order valence-corrected chi connectivity index (χ1v) is 6.31. The van der Waals surface area contributed by atoms with Gasteiger partial charge >= 0.3 is 6.18 Å². The molecule has 0 aromatic heterocycles. The first-order chi connectivity index (χ1) is 10.8. The molecule has 0 spiro atoms. The average Bonchev–Trinajstić information content (AvgIpc) is 2.50. The van der Waals surface area contributed by atoms with Gasteiger partial charge < -0.3 is 9.47 Å². The van der Waals surface area contributed by atoms with Gasteiger partial charge in [0.05, 0.1) is 5.56 Å². The minimum absolute atomic E-state index is 0.0655. The average molecular weight is 330 g/mol. The number of carbonyl (C=O) groups excluding carboxylic acids is 1. The molecule has 0 amide bonds. The quantitative estimate of drug-likeness (QED) is 0.604. The lowest BCUT2D eigenvalue weighted by atomic mass is 10.2. The number of alkyl halides is 3. The molecule has 23 heavy (non-hydrogen) atoms. The van der Waals surface area contributed by atoms with Gasteiger partial charge in [-0.3, -0.25) is 4.79 Å². The fraction of sp³-hybridized carbons (Fsp3) is 0.188. The van der Waals surface area contributed by atoms with E-state index >= 15 is 0 Å². The molecule has 0 saturated heterocycles. The Morgan fingerprint density at radius 1 is 1.00 bits per heavy atom. The fourth-order valence-corrected chi connectivity index (χ4v) is 1.51. The summed E-state index contributed by atoms with van der Waals surface area (Å²) in [6.45, 7) is 0. The molecule has 0 aliphatic rings. The van der Waals surface area contributed by atoms with Gasteiger partial charge in [0.2, 0.25) is 0 Å². The maximum atomic E-state index is 13.5. The van der Waals surface area contributed by atoms with E-state index in [2.05, 4.69) is 4.74 Å². The maximum Gasteiger partial charge on any atom is 0.416 e. The number of hydrogen-bond donors (Lipinski definition) is 0. The molecule has 0 radical (unpaired) electrons. The van der Waals surface area contributed by atoms with Gasteiger partial charge in [-0.15, -0.1) is 0 Å². The van der Waals surface area contributed by atoms with Gasteiger partial charge in [-0.1, -0.05) is 0 Å². The van der Waals surface area contributed by atoms with Crippen LogP contribution < -0.4 is 4.74 Å². The number of halogens is 4. The predicted molar refractivity (Wildman–Crippen MR) is 76.2 cm³/mol. The molecule has 0 unspecified atom stereocenters. The number of carbonyl (C=O) groups is 1. The van der Waals surface area contributed by atoms with Crippen LogP contribution in [0.2, 0.25) is 0 Å². The SMILES string of the molecule is COC.O=Cc1ccc(Oc2ccc(C(F)(F)F)cc2)c(F)c1. The van der Waals surface area contributed by atoms with Gasteiger partial charge in [-0.05, 0) is 42.5 Å². The van der Waals surface area contributed by atoms with Crippen molar-refractivity contribution in [2.45, 2.75) is 6.18 Å². The Morgan fingerprint density at radius 3 is 2.00 bits per heavy atom. The van der Waals surface area contributed by atoms with Crippen molar-refractivity contribution >= 4 is 6.29 Å². The summed E-state index contributed by atoms with van der Waals surface area (Å²) in [6.07, 6.45) is -3.96. The minimum Gasteiger partial charge on any atom is -0.454 e. The molecule has 2 rings (SSSR count). The zero-order chi connectivity index (χ0) is 17.5. The Morgan fingerprint density at radius 2 is 1.57 bits per heavy atom. The summed E-state index contributed by atoms with van der Waals surface area (Å²) in [5.74, 6) is -0.874. The highest BCUT2D eigenvalue weighted by Crippen LogP contribution is 2.31. The van der Waals surface area contributed by atoms with E-state index in [0.29, 0.717) is 6.29 Å². The Labute approximate surface area is 130 Å². The van der Waals surface area contributed by atoms with Gasteiger partial charge in [0.25, 0.3) is 0 Å². The van der Waals surface area contributed by atoms with E-state index in [4.69, 9.17) is 4.74 Å². The summed E-state index contributed by atoms with van der Waals surface area (Å²) in [7, 11) is 3.25. The lowest BCUT2D eigenvalue weighted by Gasteiger charge is -2.09. The van der Waals surface area contributed by atoms with E-state index < -0.39 is 17.6 Å². The van der Waals surface area contributed by atoms with Gasteiger partial charge in [0, 0.05) is 19.8 Å². The number of ether oxygens (including phenoxy) is 2. The zero-order valence-corrected chi connectivity index (χ0v) is 12.4. The van der Waals surface area contributed by atoms with Gasteiger partial charge in [0.15, 0.2) is 11.6 Å². The first-order valence-electron chi connectivity index (χ1n) is 6.31. The molecule has 7 heteroatoms. The van der Waals surface area contributed by atoms with Gasteiger partial charge in [-0.2, -0.15) is 13.2 Å². The van der Waals surface area contributed by atoms with Crippen LogP contribution in [0.25, 0.3) is 0 Å². The standard InChI is InChI=1S/C14H8F4O2.C2H6O/c15-12-7-9(8-19)1-6-13(12)20-11-4-2-10(3-5-11)14(16,17)18;1-3-2/h1-8H;1-2H3. The van der Waals surface area contributed by atoms with E-state index in [0.717, 1.165) is 30.3 Å².